The summed E-state index contributed by atoms with van der Waals surface area (Å²) in [6.07, 6.45) is 0. The molecule has 1 aromatic rings. The molecule has 0 fully saturated rings. The van der Waals surface area contributed by atoms with E-state index in [0.29, 0.717) is 0 Å². The van der Waals surface area contributed by atoms with E-state index < -0.39 is 8.87 Å². The molecule has 0 bridgehead atoms. The van der Waals surface area contributed by atoms with Crippen LogP contribution in [0.15, 0.2) is 29.2 Å². The molecule has 0 amide bonds. The van der Waals surface area contributed by atoms with E-state index in [-0.39, 0.29) is 61.7 Å². The van der Waals surface area contributed by atoms with Crippen LogP contribution in [0.2, 0.25) is 0 Å². The van der Waals surface area contributed by atoms with E-state index in [1.54, 1.807) is 18.2 Å². The molecule has 0 saturated carbocycles. The van der Waals surface area contributed by atoms with Gasteiger partial charge in [-0.1, -0.05) is 32.9 Å². The van der Waals surface area contributed by atoms with Crippen molar-refractivity contribution in [2.24, 2.45) is 0 Å². The fourth-order valence-electron chi connectivity index (χ4n) is 1.12. The van der Waals surface area contributed by atoms with Crippen molar-refractivity contribution in [2.75, 3.05) is 0 Å². The summed E-state index contributed by atoms with van der Waals surface area (Å²) in [5.74, 6) is 0. The van der Waals surface area contributed by atoms with Crippen LogP contribution in [0.5, 0.6) is 0 Å². The Morgan fingerprint density at radius 2 is 1.73 bits per heavy atom. The van der Waals surface area contributed by atoms with Crippen LogP contribution in [0.4, 0.5) is 0 Å². The Balaban J connectivity index is 0.00000196. The fraction of sp³-hybridized carbons (Fsp3) is 0.400. The zero-order valence-corrected chi connectivity index (χ0v) is 10.2. The van der Waals surface area contributed by atoms with E-state index in [9.17, 15) is 8.42 Å². The third-order valence-electron chi connectivity index (χ3n) is 2.00. The third kappa shape index (κ3) is 4.89. The molecule has 0 spiro atoms. The minimum absolute atomic E-state index is 0. The zero-order chi connectivity index (χ0) is 11.0. The zero-order valence-electron chi connectivity index (χ0n) is 8.48. The SMILES string of the molecule is CC(C)(C)c1cccc(S(=O)(=O)S)c1.[KH]. The third-order valence-corrected chi connectivity index (χ3v) is 3.48. The summed E-state index contributed by atoms with van der Waals surface area (Å²) in [6.45, 7) is 6.12. The van der Waals surface area contributed by atoms with Crippen molar-refractivity contribution in [3.8, 4) is 0 Å². The molecule has 0 atom stereocenters. The van der Waals surface area contributed by atoms with Gasteiger partial charge in [-0.2, -0.15) is 0 Å². The molecule has 0 aromatic heterocycles. The molecule has 0 heterocycles. The van der Waals surface area contributed by atoms with E-state index in [1.807, 2.05) is 26.8 Å². The summed E-state index contributed by atoms with van der Waals surface area (Å²) in [6, 6.07) is 6.88. The Labute approximate surface area is 139 Å². The minimum atomic E-state index is -3.39. The second kappa shape index (κ2) is 5.66. The molecule has 0 radical (unpaired) electrons. The van der Waals surface area contributed by atoms with E-state index in [4.69, 9.17) is 0 Å². The van der Waals surface area contributed by atoms with Gasteiger partial charge in [0.2, 0.25) is 8.87 Å². The molecule has 0 aliphatic heterocycles. The van der Waals surface area contributed by atoms with E-state index in [0.717, 1.165) is 5.56 Å². The van der Waals surface area contributed by atoms with Gasteiger partial charge in [0.25, 0.3) is 0 Å². The maximum absolute atomic E-state index is 11.2. The van der Waals surface area contributed by atoms with Crippen LogP contribution >= 0.6 is 11.7 Å². The van der Waals surface area contributed by atoms with Gasteiger partial charge in [0.15, 0.2) is 0 Å². The second-order valence-corrected chi connectivity index (χ2v) is 7.12. The van der Waals surface area contributed by atoms with Crippen molar-refractivity contribution >= 4 is 71.9 Å². The summed E-state index contributed by atoms with van der Waals surface area (Å²) in [5, 5.41) is 0. The second-order valence-electron chi connectivity index (χ2n) is 4.25. The summed E-state index contributed by atoms with van der Waals surface area (Å²) < 4.78 is 22.4. The van der Waals surface area contributed by atoms with Gasteiger partial charge in [-0.3, -0.25) is 0 Å². The first-order valence-corrected chi connectivity index (χ1v) is 6.83. The summed E-state index contributed by atoms with van der Waals surface area (Å²) in [7, 11) is -3.39. The molecule has 2 nitrogen and oxygen atoms in total. The van der Waals surface area contributed by atoms with Crippen LogP contribution in [-0.4, -0.2) is 59.8 Å². The van der Waals surface area contributed by atoms with Crippen molar-refractivity contribution in [3.63, 3.8) is 0 Å². The molecule has 0 aliphatic carbocycles. The van der Waals surface area contributed by atoms with Gasteiger partial charge in [-0.15, -0.1) is 0 Å². The van der Waals surface area contributed by atoms with Crippen LogP contribution in [0.1, 0.15) is 26.3 Å². The molecule has 0 aliphatic rings. The van der Waals surface area contributed by atoms with Gasteiger partial charge in [0.05, 0.1) is 4.90 Å². The van der Waals surface area contributed by atoms with Crippen LogP contribution in [0.25, 0.3) is 0 Å². The number of rotatable bonds is 1. The number of hydrogen-bond donors (Lipinski definition) is 1. The fourth-order valence-corrected chi connectivity index (χ4v) is 1.99. The molecular weight excluding hydrogens is 255 g/mol. The van der Waals surface area contributed by atoms with Gasteiger partial charge < -0.3 is 0 Å². The van der Waals surface area contributed by atoms with Crippen LogP contribution in [0, 0.1) is 0 Å². The van der Waals surface area contributed by atoms with Gasteiger partial charge in [0, 0.05) is 0 Å². The van der Waals surface area contributed by atoms with E-state index in [2.05, 4.69) is 11.7 Å². The predicted octanol–water partition coefficient (Wildman–Crippen LogP) is 1.95. The number of thiol groups is 1. The average Bonchev–Trinajstić information content (AvgIpc) is 2.01. The average molecular weight is 270 g/mol. The molecule has 80 valence electrons. The predicted molar refractivity (Wildman–Crippen MR) is 68.5 cm³/mol. The Morgan fingerprint density at radius 3 is 2.13 bits per heavy atom. The molecule has 0 saturated heterocycles. The van der Waals surface area contributed by atoms with Gasteiger partial charge in [-0.25, -0.2) is 8.42 Å². The number of benzene rings is 1. The number of hydrogen-bond acceptors (Lipinski definition) is 2. The van der Waals surface area contributed by atoms with Crippen molar-refractivity contribution in [2.45, 2.75) is 31.1 Å². The first-order valence-electron chi connectivity index (χ1n) is 4.29. The molecule has 5 heteroatoms. The van der Waals surface area contributed by atoms with Gasteiger partial charge in [0.1, 0.15) is 0 Å². The maximum atomic E-state index is 11.2. The summed E-state index contributed by atoms with van der Waals surface area (Å²) in [5.41, 5.74) is 0.946. The molecule has 1 aromatic carbocycles. The van der Waals surface area contributed by atoms with Crippen molar-refractivity contribution in [3.05, 3.63) is 29.8 Å². The molecule has 15 heavy (non-hydrogen) atoms. The first kappa shape index (κ1) is 16.2. The Bertz CT molecular complexity index is 433. The molecule has 1 rings (SSSR count). The summed E-state index contributed by atoms with van der Waals surface area (Å²) >= 11 is 3.56. The molecule has 0 unspecified atom stereocenters. The first-order chi connectivity index (χ1) is 6.21. The summed E-state index contributed by atoms with van der Waals surface area (Å²) in [4.78, 5) is 0.258. The Hall–Kier alpha value is 1.16. The Morgan fingerprint density at radius 1 is 1.20 bits per heavy atom. The van der Waals surface area contributed by atoms with Crippen molar-refractivity contribution in [1.29, 1.82) is 0 Å². The van der Waals surface area contributed by atoms with E-state index in [1.165, 1.54) is 0 Å². The van der Waals surface area contributed by atoms with Crippen LogP contribution < -0.4 is 0 Å². The van der Waals surface area contributed by atoms with Gasteiger partial charge in [-0.05, 0) is 34.8 Å². The normalized spacial score (nSPS) is 12.0. The standard InChI is InChI=1S/C10H14O2S2.K.H/c1-10(2,3)8-5-4-6-9(7-8)14(11,12)13;;/h4-7H,1-3H3,(H,11,12,13);;. The van der Waals surface area contributed by atoms with Gasteiger partial charge >= 0.3 is 51.4 Å². The monoisotopic (exact) mass is 270 g/mol. The topological polar surface area (TPSA) is 34.1 Å². The quantitative estimate of drug-likeness (QED) is 0.481. The van der Waals surface area contributed by atoms with Crippen molar-refractivity contribution < 1.29 is 8.42 Å². The molecule has 0 N–H and O–H groups in total. The van der Waals surface area contributed by atoms with E-state index >= 15 is 0 Å². The Kier molecular flexibility index (Phi) is 6.10. The van der Waals surface area contributed by atoms with Crippen LogP contribution in [0.3, 0.4) is 0 Å². The molecular formula is C10H15KO2S2. The van der Waals surface area contributed by atoms with Crippen LogP contribution in [-0.2, 0) is 14.3 Å². The van der Waals surface area contributed by atoms with Crippen molar-refractivity contribution in [1.82, 2.24) is 0 Å².